The third kappa shape index (κ3) is 2.31. The van der Waals surface area contributed by atoms with Crippen LogP contribution in [0.15, 0.2) is 23.0 Å². The summed E-state index contributed by atoms with van der Waals surface area (Å²) in [5, 5.41) is 7.28. The average molecular weight is 231 g/mol. The first-order valence-electron chi connectivity index (χ1n) is 5.75. The number of hydrogen-bond donors (Lipinski definition) is 1. The van der Waals surface area contributed by atoms with Gasteiger partial charge in [-0.15, -0.1) is 0 Å². The van der Waals surface area contributed by atoms with E-state index in [2.05, 4.69) is 25.4 Å². The van der Waals surface area contributed by atoms with Gasteiger partial charge in [-0.1, -0.05) is 5.16 Å². The highest BCUT2D eigenvalue weighted by atomic mass is 16.5. The SMILES string of the molecule is c1cnc(-c2noc(CC3CCCN3)n2)nc1. The van der Waals surface area contributed by atoms with Crippen molar-refractivity contribution in [2.45, 2.75) is 25.3 Å². The van der Waals surface area contributed by atoms with Crippen LogP contribution in [0, 0.1) is 0 Å². The fourth-order valence-electron chi connectivity index (χ4n) is 1.98. The van der Waals surface area contributed by atoms with Crippen LogP contribution < -0.4 is 5.32 Å². The predicted octanol–water partition coefficient (Wildman–Crippen LogP) is 0.821. The molecule has 0 spiro atoms. The molecule has 3 rings (SSSR count). The van der Waals surface area contributed by atoms with Crippen LogP contribution >= 0.6 is 0 Å². The van der Waals surface area contributed by atoms with Gasteiger partial charge in [0.25, 0.3) is 0 Å². The maximum Gasteiger partial charge on any atom is 0.240 e. The highest BCUT2D eigenvalue weighted by Gasteiger charge is 2.18. The molecule has 6 nitrogen and oxygen atoms in total. The molecule has 1 aliphatic rings. The fourth-order valence-corrected chi connectivity index (χ4v) is 1.98. The lowest BCUT2D eigenvalue weighted by Crippen LogP contribution is -2.23. The van der Waals surface area contributed by atoms with E-state index in [0.717, 1.165) is 13.0 Å². The van der Waals surface area contributed by atoms with Gasteiger partial charge >= 0.3 is 0 Å². The Morgan fingerprint density at radius 1 is 1.29 bits per heavy atom. The van der Waals surface area contributed by atoms with E-state index in [1.165, 1.54) is 12.8 Å². The van der Waals surface area contributed by atoms with Gasteiger partial charge in [-0.2, -0.15) is 4.98 Å². The quantitative estimate of drug-likeness (QED) is 0.842. The van der Waals surface area contributed by atoms with E-state index in [9.17, 15) is 0 Å². The first-order valence-corrected chi connectivity index (χ1v) is 5.75. The molecule has 2 aromatic rings. The normalized spacial score (nSPS) is 19.6. The zero-order valence-corrected chi connectivity index (χ0v) is 9.33. The predicted molar refractivity (Wildman–Crippen MR) is 60.1 cm³/mol. The van der Waals surface area contributed by atoms with Gasteiger partial charge in [0, 0.05) is 24.9 Å². The van der Waals surface area contributed by atoms with Crippen molar-refractivity contribution >= 4 is 0 Å². The van der Waals surface area contributed by atoms with E-state index < -0.39 is 0 Å². The molecule has 0 amide bonds. The highest BCUT2D eigenvalue weighted by molar-refractivity contribution is 5.40. The molecule has 3 heterocycles. The minimum absolute atomic E-state index is 0.457. The van der Waals surface area contributed by atoms with Crippen LogP contribution in [0.4, 0.5) is 0 Å². The van der Waals surface area contributed by atoms with E-state index >= 15 is 0 Å². The van der Waals surface area contributed by atoms with Crippen LogP contribution in [0.25, 0.3) is 11.6 Å². The molecule has 2 aromatic heterocycles. The minimum atomic E-state index is 0.457. The second-order valence-corrected chi connectivity index (χ2v) is 4.08. The number of nitrogens with one attached hydrogen (secondary N) is 1. The van der Waals surface area contributed by atoms with Gasteiger partial charge in [-0.25, -0.2) is 9.97 Å². The molecule has 6 heteroatoms. The molecular weight excluding hydrogens is 218 g/mol. The third-order valence-electron chi connectivity index (χ3n) is 2.82. The summed E-state index contributed by atoms with van der Waals surface area (Å²) in [6, 6.07) is 2.22. The minimum Gasteiger partial charge on any atom is -0.339 e. The van der Waals surface area contributed by atoms with Crippen LogP contribution in [-0.4, -0.2) is 32.7 Å². The molecule has 88 valence electrons. The van der Waals surface area contributed by atoms with E-state index in [-0.39, 0.29) is 0 Å². The summed E-state index contributed by atoms with van der Waals surface area (Å²) < 4.78 is 5.20. The third-order valence-corrected chi connectivity index (χ3v) is 2.82. The van der Waals surface area contributed by atoms with Gasteiger partial charge in [0.05, 0.1) is 0 Å². The van der Waals surface area contributed by atoms with Gasteiger partial charge in [-0.05, 0) is 25.5 Å². The lowest BCUT2D eigenvalue weighted by Gasteiger charge is -2.04. The molecule has 1 N–H and O–H groups in total. The van der Waals surface area contributed by atoms with E-state index in [1.807, 2.05) is 0 Å². The first-order chi connectivity index (χ1) is 8.42. The average Bonchev–Trinajstić information content (AvgIpc) is 3.02. The van der Waals surface area contributed by atoms with Crippen molar-refractivity contribution in [2.75, 3.05) is 6.54 Å². The topological polar surface area (TPSA) is 76.7 Å². The number of aromatic nitrogens is 4. The largest absolute Gasteiger partial charge is 0.339 e. The van der Waals surface area contributed by atoms with Crippen LogP contribution in [0.5, 0.6) is 0 Å². The lowest BCUT2D eigenvalue weighted by molar-refractivity contribution is 0.364. The number of rotatable bonds is 3. The smallest absolute Gasteiger partial charge is 0.240 e. The number of nitrogens with zero attached hydrogens (tertiary/aromatic N) is 4. The van der Waals surface area contributed by atoms with Crippen LogP contribution in [0.2, 0.25) is 0 Å². The monoisotopic (exact) mass is 231 g/mol. The number of hydrogen-bond acceptors (Lipinski definition) is 6. The van der Waals surface area contributed by atoms with Crippen molar-refractivity contribution in [1.82, 2.24) is 25.4 Å². The maximum absolute atomic E-state index is 5.20. The summed E-state index contributed by atoms with van der Waals surface area (Å²) in [6.45, 7) is 1.08. The molecule has 0 aliphatic carbocycles. The van der Waals surface area contributed by atoms with Crippen molar-refractivity contribution in [3.05, 3.63) is 24.4 Å². The summed E-state index contributed by atoms with van der Waals surface area (Å²) in [6.07, 6.45) is 6.49. The summed E-state index contributed by atoms with van der Waals surface area (Å²) in [5.74, 6) is 1.60. The summed E-state index contributed by atoms with van der Waals surface area (Å²) in [5.41, 5.74) is 0. The second-order valence-electron chi connectivity index (χ2n) is 4.08. The van der Waals surface area contributed by atoms with Crippen molar-refractivity contribution in [2.24, 2.45) is 0 Å². The molecule has 0 bridgehead atoms. The Morgan fingerprint density at radius 2 is 2.18 bits per heavy atom. The van der Waals surface area contributed by atoms with E-state index in [4.69, 9.17) is 4.52 Å². The van der Waals surface area contributed by atoms with Gasteiger partial charge in [0.2, 0.25) is 17.5 Å². The lowest BCUT2D eigenvalue weighted by atomic mass is 10.1. The molecule has 0 radical (unpaired) electrons. The molecule has 0 saturated carbocycles. The standard InChI is InChI=1S/C11H13N5O/c1-3-8(12-4-1)7-9-15-11(16-17-9)10-13-5-2-6-14-10/h2,5-6,8,12H,1,3-4,7H2. The summed E-state index contributed by atoms with van der Waals surface area (Å²) in [4.78, 5) is 12.5. The molecule has 17 heavy (non-hydrogen) atoms. The zero-order valence-electron chi connectivity index (χ0n) is 9.33. The fraction of sp³-hybridized carbons (Fsp3) is 0.455. The van der Waals surface area contributed by atoms with Gasteiger partial charge < -0.3 is 9.84 Å². The molecule has 1 atom stereocenters. The molecule has 0 aromatic carbocycles. The second kappa shape index (κ2) is 4.58. The van der Waals surface area contributed by atoms with Gasteiger partial charge in [0.1, 0.15) is 0 Å². The molecular formula is C11H13N5O. The molecule has 1 unspecified atom stereocenters. The Balaban J connectivity index is 1.74. The van der Waals surface area contributed by atoms with Crippen LogP contribution in [0.1, 0.15) is 18.7 Å². The van der Waals surface area contributed by atoms with E-state index in [1.54, 1.807) is 18.5 Å². The molecule has 1 aliphatic heterocycles. The summed E-state index contributed by atoms with van der Waals surface area (Å²) >= 11 is 0. The molecule has 1 saturated heterocycles. The summed E-state index contributed by atoms with van der Waals surface area (Å²) in [7, 11) is 0. The Labute approximate surface area is 98.5 Å². The maximum atomic E-state index is 5.20. The molecule has 1 fully saturated rings. The Kier molecular flexibility index (Phi) is 2.79. The van der Waals surface area contributed by atoms with Crippen molar-refractivity contribution in [3.8, 4) is 11.6 Å². The van der Waals surface area contributed by atoms with Crippen molar-refractivity contribution in [3.63, 3.8) is 0 Å². The Hall–Kier alpha value is -1.82. The van der Waals surface area contributed by atoms with Crippen LogP contribution in [0.3, 0.4) is 0 Å². The van der Waals surface area contributed by atoms with Gasteiger partial charge in [0.15, 0.2) is 0 Å². The van der Waals surface area contributed by atoms with Crippen LogP contribution in [-0.2, 0) is 6.42 Å². The van der Waals surface area contributed by atoms with Gasteiger partial charge in [-0.3, -0.25) is 0 Å². The first kappa shape index (κ1) is 10.3. The Morgan fingerprint density at radius 3 is 2.94 bits per heavy atom. The van der Waals surface area contributed by atoms with E-state index in [0.29, 0.717) is 23.6 Å². The Bertz CT molecular complexity index is 478. The van der Waals surface area contributed by atoms with Crippen molar-refractivity contribution < 1.29 is 4.52 Å². The zero-order chi connectivity index (χ0) is 11.5. The highest BCUT2D eigenvalue weighted by Crippen LogP contribution is 2.13. The van der Waals surface area contributed by atoms with Crippen molar-refractivity contribution in [1.29, 1.82) is 0 Å².